The first-order valence-corrected chi connectivity index (χ1v) is 7.12. The van der Waals surface area contributed by atoms with E-state index in [1.54, 1.807) is 0 Å². The van der Waals surface area contributed by atoms with Crippen LogP contribution in [0.15, 0.2) is 18.2 Å². The molecule has 2 amide bonds. The van der Waals surface area contributed by atoms with Crippen LogP contribution in [0, 0.1) is 25.7 Å². The summed E-state index contributed by atoms with van der Waals surface area (Å²) >= 11 is 0. The van der Waals surface area contributed by atoms with E-state index in [-0.39, 0.29) is 29.7 Å². The van der Waals surface area contributed by atoms with Gasteiger partial charge in [-0.3, -0.25) is 14.5 Å². The van der Waals surface area contributed by atoms with Crippen LogP contribution in [0.1, 0.15) is 29.2 Å². The Morgan fingerprint density at radius 2 is 1.90 bits per heavy atom. The number of aryl methyl sites for hydroxylation is 2. The lowest BCUT2D eigenvalue weighted by Crippen LogP contribution is -2.39. The number of hydrogen-bond acceptors (Lipinski definition) is 3. The Labute approximate surface area is 119 Å². The van der Waals surface area contributed by atoms with Crippen molar-refractivity contribution in [2.75, 3.05) is 13.6 Å². The molecule has 1 N–H and O–H groups in total. The zero-order valence-corrected chi connectivity index (χ0v) is 12.1. The number of amides is 2. The lowest BCUT2D eigenvalue weighted by Gasteiger charge is -2.25. The van der Waals surface area contributed by atoms with Gasteiger partial charge in [-0.15, -0.1) is 0 Å². The fourth-order valence-corrected chi connectivity index (χ4v) is 3.09. The zero-order chi connectivity index (χ0) is 14.4. The van der Waals surface area contributed by atoms with Crippen LogP contribution in [-0.4, -0.2) is 30.3 Å². The second-order valence-corrected chi connectivity index (χ2v) is 5.94. The first-order valence-electron chi connectivity index (χ1n) is 7.12. The van der Waals surface area contributed by atoms with E-state index in [2.05, 4.69) is 37.4 Å². The molecule has 0 spiro atoms. The summed E-state index contributed by atoms with van der Waals surface area (Å²) in [5.41, 5.74) is 3.53. The molecule has 20 heavy (non-hydrogen) atoms. The maximum atomic E-state index is 12.1. The van der Waals surface area contributed by atoms with E-state index in [0.29, 0.717) is 6.54 Å². The van der Waals surface area contributed by atoms with Crippen molar-refractivity contribution in [2.45, 2.75) is 26.3 Å². The third-order valence-electron chi connectivity index (χ3n) is 4.48. The molecule has 0 radical (unpaired) electrons. The van der Waals surface area contributed by atoms with Crippen molar-refractivity contribution in [1.82, 2.24) is 10.2 Å². The molecule has 0 bridgehead atoms. The van der Waals surface area contributed by atoms with E-state index in [9.17, 15) is 9.59 Å². The van der Waals surface area contributed by atoms with E-state index in [4.69, 9.17) is 0 Å². The summed E-state index contributed by atoms with van der Waals surface area (Å²) in [5.74, 6) is 0.00772. The molecule has 2 fully saturated rings. The summed E-state index contributed by atoms with van der Waals surface area (Å²) in [6, 6.07) is 6.29. The van der Waals surface area contributed by atoms with Crippen LogP contribution in [0.4, 0.5) is 0 Å². The second-order valence-electron chi connectivity index (χ2n) is 5.94. The number of piperidine rings is 1. The van der Waals surface area contributed by atoms with E-state index in [1.807, 2.05) is 7.05 Å². The van der Waals surface area contributed by atoms with Gasteiger partial charge in [0.15, 0.2) is 0 Å². The van der Waals surface area contributed by atoms with E-state index in [0.717, 1.165) is 12.0 Å². The number of imide groups is 1. The van der Waals surface area contributed by atoms with Crippen molar-refractivity contribution in [1.29, 1.82) is 0 Å². The number of fused-ring (bicyclic) bond motifs is 1. The molecular formula is C16H20N2O2. The Morgan fingerprint density at radius 3 is 2.50 bits per heavy atom. The van der Waals surface area contributed by atoms with E-state index in [1.165, 1.54) is 16.0 Å². The van der Waals surface area contributed by atoms with Crippen LogP contribution in [0.3, 0.4) is 0 Å². The van der Waals surface area contributed by atoms with Crippen LogP contribution in [-0.2, 0) is 9.59 Å². The lowest BCUT2D eigenvalue weighted by atomic mass is 9.98. The summed E-state index contributed by atoms with van der Waals surface area (Å²) in [7, 11) is 1.87. The van der Waals surface area contributed by atoms with Gasteiger partial charge in [0.2, 0.25) is 11.8 Å². The molecule has 1 heterocycles. The molecular weight excluding hydrogens is 252 g/mol. The number of rotatable bonds is 4. The maximum Gasteiger partial charge on any atom is 0.233 e. The highest BCUT2D eigenvalue weighted by atomic mass is 16.2. The highest BCUT2D eigenvalue weighted by Crippen LogP contribution is 2.47. The summed E-state index contributed by atoms with van der Waals surface area (Å²) in [6.45, 7) is 4.55. The maximum absolute atomic E-state index is 12.1. The molecule has 1 aliphatic carbocycles. The first-order chi connectivity index (χ1) is 9.52. The van der Waals surface area contributed by atoms with E-state index < -0.39 is 0 Å². The minimum atomic E-state index is -0.0152. The number of carbonyl (C=O) groups excluding carboxylic acids is 2. The highest BCUT2D eigenvalue weighted by molar-refractivity contribution is 6.08. The van der Waals surface area contributed by atoms with Crippen molar-refractivity contribution in [3.63, 3.8) is 0 Å². The van der Waals surface area contributed by atoms with Crippen LogP contribution in [0.5, 0.6) is 0 Å². The summed E-state index contributed by atoms with van der Waals surface area (Å²) < 4.78 is 0. The minimum absolute atomic E-state index is 0.000278. The van der Waals surface area contributed by atoms with Crippen LogP contribution in [0.25, 0.3) is 0 Å². The molecule has 2 aliphatic rings. The summed E-state index contributed by atoms with van der Waals surface area (Å²) in [4.78, 5) is 25.6. The molecule has 3 atom stereocenters. The number of nitrogens with one attached hydrogen (secondary N) is 1. The van der Waals surface area contributed by atoms with Gasteiger partial charge in [-0.05, 0) is 38.4 Å². The first kappa shape index (κ1) is 13.3. The average molecular weight is 272 g/mol. The van der Waals surface area contributed by atoms with Gasteiger partial charge in [0, 0.05) is 6.54 Å². The third kappa shape index (κ3) is 2.04. The molecule has 3 unspecified atom stereocenters. The number of nitrogens with zero attached hydrogens (tertiary/aromatic N) is 1. The van der Waals surface area contributed by atoms with Gasteiger partial charge in [-0.2, -0.15) is 0 Å². The molecule has 1 aromatic rings. The number of benzene rings is 1. The van der Waals surface area contributed by atoms with Gasteiger partial charge in [-0.1, -0.05) is 23.8 Å². The Morgan fingerprint density at radius 1 is 1.25 bits per heavy atom. The van der Waals surface area contributed by atoms with Crippen molar-refractivity contribution >= 4 is 11.8 Å². The van der Waals surface area contributed by atoms with Gasteiger partial charge in [-0.25, -0.2) is 0 Å². The number of carbonyl (C=O) groups is 2. The van der Waals surface area contributed by atoms with E-state index >= 15 is 0 Å². The van der Waals surface area contributed by atoms with Crippen molar-refractivity contribution in [3.05, 3.63) is 34.9 Å². The Bertz CT molecular complexity index is 562. The molecule has 1 aliphatic heterocycles. The Balaban J connectivity index is 1.82. The fourth-order valence-electron chi connectivity index (χ4n) is 3.09. The number of hydrogen-bond donors (Lipinski definition) is 1. The number of likely N-dealkylation sites (tertiary alicyclic amines) is 1. The van der Waals surface area contributed by atoms with Gasteiger partial charge >= 0.3 is 0 Å². The standard InChI is InChI=1S/C16H20N2O2/c1-9-4-5-10(2)11(6-9)14(17-3)8-18-15(19)12-7-13(12)16(18)20/h4-6,12-14,17H,7-8H2,1-3H3. The van der Waals surface area contributed by atoms with Gasteiger partial charge in [0.25, 0.3) is 0 Å². The van der Waals surface area contributed by atoms with Crippen LogP contribution < -0.4 is 5.32 Å². The molecule has 0 aromatic heterocycles. The van der Waals surface area contributed by atoms with Gasteiger partial charge in [0.1, 0.15) is 0 Å². The quantitative estimate of drug-likeness (QED) is 0.846. The predicted molar refractivity (Wildman–Crippen MR) is 76.0 cm³/mol. The Kier molecular flexibility index (Phi) is 3.13. The molecule has 1 saturated carbocycles. The monoisotopic (exact) mass is 272 g/mol. The fraction of sp³-hybridized carbons (Fsp3) is 0.500. The lowest BCUT2D eigenvalue weighted by molar-refractivity contribution is -0.141. The van der Waals surface area contributed by atoms with Gasteiger partial charge < -0.3 is 5.32 Å². The SMILES string of the molecule is CNC(CN1C(=O)C2CC2C1=O)c1cc(C)ccc1C. The topological polar surface area (TPSA) is 49.4 Å². The summed E-state index contributed by atoms with van der Waals surface area (Å²) in [5, 5.41) is 3.24. The predicted octanol–water partition coefficient (Wildman–Crippen LogP) is 1.57. The molecule has 1 saturated heterocycles. The average Bonchev–Trinajstić information content (AvgIpc) is 3.18. The number of likely N-dealkylation sites (N-methyl/N-ethyl adjacent to an activating group) is 1. The Hall–Kier alpha value is -1.68. The normalized spacial score (nSPS) is 25.9. The van der Waals surface area contributed by atoms with Crippen LogP contribution in [0.2, 0.25) is 0 Å². The van der Waals surface area contributed by atoms with Crippen molar-refractivity contribution < 1.29 is 9.59 Å². The molecule has 106 valence electrons. The highest BCUT2D eigenvalue weighted by Gasteiger charge is 2.58. The van der Waals surface area contributed by atoms with Crippen LogP contribution >= 0.6 is 0 Å². The minimum Gasteiger partial charge on any atom is -0.312 e. The molecule has 3 rings (SSSR count). The smallest absolute Gasteiger partial charge is 0.233 e. The zero-order valence-electron chi connectivity index (χ0n) is 12.1. The third-order valence-corrected chi connectivity index (χ3v) is 4.48. The second kappa shape index (κ2) is 4.70. The molecule has 4 nitrogen and oxygen atoms in total. The van der Waals surface area contributed by atoms with Crippen molar-refractivity contribution in [2.24, 2.45) is 11.8 Å². The molecule has 1 aromatic carbocycles. The summed E-state index contributed by atoms with van der Waals surface area (Å²) in [6.07, 6.45) is 0.766. The van der Waals surface area contributed by atoms with Crippen molar-refractivity contribution in [3.8, 4) is 0 Å². The van der Waals surface area contributed by atoms with Gasteiger partial charge in [0.05, 0.1) is 17.9 Å². The molecule has 4 heteroatoms. The largest absolute Gasteiger partial charge is 0.312 e.